The number of hydrogen-bond donors (Lipinski definition) is 1. The van der Waals surface area contributed by atoms with Gasteiger partial charge in [-0.2, -0.15) is 5.10 Å². The Morgan fingerprint density at radius 2 is 1.71 bits per heavy atom. The van der Waals surface area contributed by atoms with E-state index >= 15 is 0 Å². The molecule has 88 valence electrons. The Morgan fingerprint density at radius 3 is 2.47 bits per heavy atom. The molecule has 2 aromatic rings. The molecular weight excluding hydrogens is 255 g/mol. The summed E-state index contributed by atoms with van der Waals surface area (Å²) in [6.45, 7) is 0. The summed E-state index contributed by atoms with van der Waals surface area (Å²) in [5.41, 5.74) is 4.60. The third-order valence-electron chi connectivity index (χ3n) is 3.19. The summed E-state index contributed by atoms with van der Waals surface area (Å²) in [6.07, 6.45) is 4.65. The van der Waals surface area contributed by atoms with Crippen LogP contribution in [0.25, 0.3) is 11.3 Å². The highest BCUT2D eigenvalue weighted by Gasteiger charge is 2.18. The number of fused-ring (bicyclic) bond motifs is 1. The van der Waals surface area contributed by atoms with Crippen molar-refractivity contribution >= 4 is 23.2 Å². The van der Waals surface area contributed by atoms with Crippen molar-refractivity contribution in [3.8, 4) is 11.3 Å². The Labute approximate surface area is 110 Å². The Kier molecular flexibility index (Phi) is 2.85. The van der Waals surface area contributed by atoms with Crippen molar-refractivity contribution in [3.63, 3.8) is 0 Å². The monoisotopic (exact) mass is 266 g/mol. The van der Waals surface area contributed by atoms with Crippen molar-refractivity contribution in [1.29, 1.82) is 0 Å². The lowest BCUT2D eigenvalue weighted by Gasteiger charge is -2.11. The van der Waals surface area contributed by atoms with E-state index in [0.717, 1.165) is 24.1 Å². The maximum absolute atomic E-state index is 6.03. The number of aryl methyl sites for hydroxylation is 1. The maximum Gasteiger partial charge on any atom is 0.0956 e. The Bertz CT molecular complexity index is 540. The second-order valence-electron chi connectivity index (χ2n) is 4.39. The third-order valence-corrected chi connectivity index (χ3v) is 3.63. The quantitative estimate of drug-likeness (QED) is 0.821. The van der Waals surface area contributed by atoms with E-state index in [1.165, 1.54) is 24.1 Å². The second kappa shape index (κ2) is 4.35. The lowest BCUT2D eigenvalue weighted by molar-refractivity contribution is 0.675. The molecule has 1 aliphatic carbocycles. The fraction of sp³-hybridized carbons (Fsp3) is 0.308. The van der Waals surface area contributed by atoms with Crippen molar-refractivity contribution in [2.45, 2.75) is 25.7 Å². The minimum absolute atomic E-state index is 0.653. The molecule has 0 spiro atoms. The molecule has 1 N–H and O–H groups in total. The molecule has 0 amide bonds. The number of nitrogens with one attached hydrogen (secondary N) is 1. The molecule has 3 rings (SSSR count). The number of benzene rings is 1. The van der Waals surface area contributed by atoms with Crippen LogP contribution in [0.4, 0.5) is 0 Å². The van der Waals surface area contributed by atoms with Gasteiger partial charge in [-0.3, -0.25) is 5.10 Å². The van der Waals surface area contributed by atoms with Crippen LogP contribution in [0.1, 0.15) is 24.1 Å². The lowest BCUT2D eigenvalue weighted by atomic mass is 9.94. The van der Waals surface area contributed by atoms with Crippen molar-refractivity contribution in [2.24, 2.45) is 0 Å². The molecule has 1 aromatic heterocycles. The highest BCUT2D eigenvalue weighted by Crippen LogP contribution is 2.32. The predicted octanol–water partition coefficient (Wildman–Crippen LogP) is 4.26. The third kappa shape index (κ3) is 2.07. The van der Waals surface area contributed by atoms with Gasteiger partial charge in [0.1, 0.15) is 0 Å². The topological polar surface area (TPSA) is 28.7 Å². The zero-order valence-corrected chi connectivity index (χ0v) is 10.8. The molecule has 0 fully saturated rings. The van der Waals surface area contributed by atoms with Crippen LogP contribution in [-0.4, -0.2) is 10.2 Å². The largest absolute Gasteiger partial charge is 0.282 e. The van der Waals surface area contributed by atoms with E-state index in [1.54, 1.807) is 6.07 Å². The average molecular weight is 267 g/mol. The molecular formula is C13H12Cl2N2. The maximum atomic E-state index is 6.03. The number of aromatic nitrogens is 2. The molecule has 0 saturated heterocycles. The van der Waals surface area contributed by atoms with Gasteiger partial charge in [-0.15, -0.1) is 0 Å². The van der Waals surface area contributed by atoms with Crippen molar-refractivity contribution in [3.05, 3.63) is 39.5 Å². The molecule has 0 saturated carbocycles. The van der Waals surface area contributed by atoms with E-state index in [1.807, 2.05) is 12.1 Å². The van der Waals surface area contributed by atoms with Crippen LogP contribution >= 0.6 is 23.2 Å². The van der Waals surface area contributed by atoms with Gasteiger partial charge in [0.25, 0.3) is 0 Å². The van der Waals surface area contributed by atoms with Crippen molar-refractivity contribution < 1.29 is 0 Å². The Morgan fingerprint density at radius 1 is 1.00 bits per heavy atom. The van der Waals surface area contributed by atoms with Crippen LogP contribution in [0.5, 0.6) is 0 Å². The smallest absolute Gasteiger partial charge is 0.0956 e. The number of aromatic amines is 1. The predicted molar refractivity (Wildman–Crippen MR) is 70.7 cm³/mol. The average Bonchev–Trinajstić information content (AvgIpc) is 2.71. The molecule has 1 heterocycles. The molecule has 2 nitrogen and oxygen atoms in total. The number of rotatable bonds is 1. The first kappa shape index (κ1) is 11.1. The van der Waals surface area contributed by atoms with Crippen LogP contribution in [0.3, 0.4) is 0 Å². The van der Waals surface area contributed by atoms with E-state index in [9.17, 15) is 0 Å². The fourth-order valence-electron chi connectivity index (χ4n) is 2.41. The molecule has 4 heteroatoms. The van der Waals surface area contributed by atoms with Crippen molar-refractivity contribution in [1.82, 2.24) is 10.2 Å². The van der Waals surface area contributed by atoms with Gasteiger partial charge in [0.2, 0.25) is 0 Å². The lowest BCUT2D eigenvalue weighted by Crippen LogP contribution is -2.01. The first-order valence-corrected chi connectivity index (χ1v) is 6.52. The van der Waals surface area contributed by atoms with E-state index in [4.69, 9.17) is 23.2 Å². The Hall–Kier alpha value is -0.990. The molecule has 0 atom stereocenters. The number of halogens is 2. The van der Waals surface area contributed by atoms with E-state index in [-0.39, 0.29) is 0 Å². The highest BCUT2D eigenvalue weighted by atomic mass is 35.5. The summed E-state index contributed by atoms with van der Waals surface area (Å²) in [7, 11) is 0. The van der Waals surface area contributed by atoms with Gasteiger partial charge in [-0.05, 0) is 43.9 Å². The fourth-order valence-corrected chi connectivity index (χ4v) is 2.94. The van der Waals surface area contributed by atoms with Crippen LogP contribution in [0, 0.1) is 0 Å². The van der Waals surface area contributed by atoms with Crippen LogP contribution < -0.4 is 0 Å². The van der Waals surface area contributed by atoms with Gasteiger partial charge in [0, 0.05) is 26.9 Å². The van der Waals surface area contributed by atoms with Gasteiger partial charge < -0.3 is 0 Å². The summed E-state index contributed by atoms with van der Waals surface area (Å²) >= 11 is 12.1. The number of H-pyrrole nitrogens is 1. The van der Waals surface area contributed by atoms with Crippen molar-refractivity contribution in [2.75, 3.05) is 0 Å². The summed E-state index contributed by atoms with van der Waals surface area (Å²) in [5, 5.41) is 8.84. The van der Waals surface area contributed by atoms with Crippen LogP contribution in [-0.2, 0) is 12.8 Å². The first-order chi connectivity index (χ1) is 8.24. The SMILES string of the molecule is Clc1cc(Cl)cc(-c2n[nH]c3c2CCCC3)c1. The molecule has 1 aliphatic rings. The van der Waals surface area contributed by atoms with Gasteiger partial charge in [0.05, 0.1) is 5.69 Å². The summed E-state index contributed by atoms with van der Waals surface area (Å²) in [5.74, 6) is 0. The molecule has 0 unspecified atom stereocenters. The summed E-state index contributed by atoms with van der Waals surface area (Å²) in [4.78, 5) is 0. The van der Waals surface area contributed by atoms with Gasteiger partial charge in [0.15, 0.2) is 0 Å². The Balaban J connectivity index is 2.11. The molecule has 0 aliphatic heterocycles. The first-order valence-electron chi connectivity index (χ1n) is 5.76. The number of hydrogen-bond acceptors (Lipinski definition) is 1. The van der Waals surface area contributed by atoms with E-state index in [0.29, 0.717) is 10.0 Å². The van der Waals surface area contributed by atoms with Crippen LogP contribution in [0.2, 0.25) is 10.0 Å². The normalized spacial score (nSPS) is 14.7. The minimum atomic E-state index is 0.653. The minimum Gasteiger partial charge on any atom is -0.282 e. The van der Waals surface area contributed by atoms with Gasteiger partial charge in [-0.25, -0.2) is 0 Å². The zero-order chi connectivity index (χ0) is 11.8. The number of nitrogens with zero attached hydrogens (tertiary/aromatic N) is 1. The second-order valence-corrected chi connectivity index (χ2v) is 5.27. The van der Waals surface area contributed by atoms with E-state index in [2.05, 4.69) is 10.2 Å². The van der Waals surface area contributed by atoms with Crippen LogP contribution in [0.15, 0.2) is 18.2 Å². The molecule has 17 heavy (non-hydrogen) atoms. The summed E-state index contributed by atoms with van der Waals surface area (Å²) in [6, 6.07) is 5.57. The van der Waals surface area contributed by atoms with Gasteiger partial charge >= 0.3 is 0 Å². The zero-order valence-electron chi connectivity index (χ0n) is 9.26. The van der Waals surface area contributed by atoms with Gasteiger partial charge in [-0.1, -0.05) is 23.2 Å². The standard InChI is InChI=1S/C13H12Cl2N2/c14-9-5-8(6-10(15)7-9)13-11-3-1-2-4-12(11)16-17-13/h5-7H,1-4H2,(H,16,17). The highest BCUT2D eigenvalue weighted by molar-refractivity contribution is 6.35. The summed E-state index contributed by atoms with van der Waals surface area (Å²) < 4.78 is 0. The van der Waals surface area contributed by atoms with E-state index < -0.39 is 0 Å². The molecule has 0 bridgehead atoms. The molecule has 0 radical (unpaired) electrons. The molecule has 1 aromatic carbocycles.